The van der Waals surface area contributed by atoms with Gasteiger partial charge in [0.15, 0.2) is 0 Å². The fourth-order valence-electron chi connectivity index (χ4n) is 2.69. The van der Waals surface area contributed by atoms with Crippen molar-refractivity contribution in [1.82, 2.24) is 25.3 Å². The highest BCUT2D eigenvalue weighted by Crippen LogP contribution is 2.25. The van der Waals surface area contributed by atoms with E-state index < -0.39 is 0 Å². The monoisotopic (exact) mass is 355 g/mol. The average Bonchev–Trinajstić information content (AvgIpc) is 3.31. The maximum absolute atomic E-state index is 12.9. The molecule has 0 saturated heterocycles. The largest absolute Gasteiger partial charge is 0.497 e. The van der Waals surface area contributed by atoms with Crippen LogP contribution in [0.3, 0.4) is 0 Å². The number of rotatable bonds is 7. The van der Waals surface area contributed by atoms with Crippen molar-refractivity contribution in [2.45, 2.75) is 13.2 Å². The van der Waals surface area contributed by atoms with Gasteiger partial charge in [-0.3, -0.25) is 15.0 Å². The maximum atomic E-state index is 12.9. The second-order valence-electron chi connectivity index (χ2n) is 5.87. The Morgan fingerprint density at radius 2 is 2.08 bits per heavy atom. The Morgan fingerprint density at radius 1 is 1.23 bits per heavy atom. The van der Waals surface area contributed by atoms with Crippen LogP contribution in [0.5, 0.6) is 5.75 Å². The highest BCUT2D eigenvalue weighted by Gasteiger charge is 2.20. The summed E-state index contributed by atoms with van der Waals surface area (Å²) in [7, 11) is 4.96. The van der Waals surface area contributed by atoms with Gasteiger partial charge in [0.2, 0.25) is 0 Å². The molecule has 0 radical (unpaired) electrons. The van der Waals surface area contributed by atoms with Crippen LogP contribution in [0.4, 0.5) is 0 Å². The Bertz CT molecular complexity index is 886. The van der Waals surface area contributed by atoms with E-state index in [1.54, 1.807) is 26.2 Å². The molecule has 0 aliphatic carbocycles. The average molecular weight is 355 g/mol. The number of methoxy groups -OCH3 is 2. The summed E-state index contributed by atoms with van der Waals surface area (Å²) in [5.41, 5.74) is 3.62. The third kappa shape index (κ3) is 3.75. The first-order chi connectivity index (χ1) is 12.6. The smallest absolute Gasteiger partial charge is 0.257 e. The molecule has 1 amide bonds. The van der Waals surface area contributed by atoms with Crippen LogP contribution in [-0.2, 0) is 17.9 Å². The van der Waals surface area contributed by atoms with Crippen LogP contribution < -0.4 is 4.74 Å². The molecular weight excluding hydrogens is 334 g/mol. The minimum absolute atomic E-state index is 0.139. The molecule has 0 aliphatic heterocycles. The molecule has 3 rings (SSSR count). The van der Waals surface area contributed by atoms with Gasteiger partial charge in [-0.05, 0) is 18.2 Å². The molecule has 0 fully saturated rings. The highest BCUT2D eigenvalue weighted by atomic mass is 16.5. The molecule has 0 unspecified atom stereocenters. The number of ether oxygens (including phenoxy) is 2. The van der Waals surface area contributed by atoms with Crippen molar-refractivity contribution in [2.24, 2.45) is 0 Å². The number of benzene rings is 1. The zero-order valence-corrected chi connectivity index (χ0v) is 14.9. The number of nitrogens with zero attached hydrogens (tertiary/aromatic N) is 3. The lowest BCUT2D eigenvalue weighted by atomic mass is 10.1. The van der Waals surface area contributed by atoms with E-state index in [1.165, 1.54) is 6.20 Å². The predicted molar refractivity (Wildman–Crippen MR) is 95.7 cm³/mol. The summed E-state index contributed by atoms with van der Waals surface area (Å²) in [6, 6.07) is 9.36. The van der Waals surface area contributed by atoms with Crippen LogP contribution in [-0.4, -0.2) is 52.5 Å². The third-order valence-electron chi connectivity index (χ3n) is 3.96. The van der Waals surface area contributed by atoms with Gasteiger partial charge in [-0.1, -0.05) is 12.1 Å². The van der Waals surface area contributed by atoms with E-state index in [-0.39, 0.29) is 5.91 Å². The predicted octanol–water partition coefficient (Wildman–Crippen LogP) is 2.23. The van der Waals surface area contributed by atoms with Crippen molar-refractivity contribution < 1.29 is 14.3 Å². The molecule has 2 heterocycles. The number of carbonyl (C=O) groups is 1. The van der Waals surface area contributed by atoms with E-state index in [4.69, 9.17) is 9.47 Å². The van der Waals surface area contributed by atoms with Gasteiger partial charge < -0.3 is 14.4 Å². The number of carbonyl (C=O) groups excluding carboxylic acids is 1. The molecule has 0 saturated carbocycles. The van der Waals surface area contributed by atoms with Gasteiger partial charge in [0, 0.05) is 19.7 Å². The Labute approximate surface area is 151 Å². The van der Waals surface area contributed by atoms with Gasteiger partial charge in [0.25, 0.3) is 5.91 Å². The summed E-state index contributed by atoms with van der Waals surface area (Å²) in [5, 5.41) is 14.0. The number of nitrogens with one attached hydrogen (secondary N) is 2. The molecule has 0 aliphatic rings. The topological polar surface area (TPSA) is 96.1 Å². The molecular formula is C18H21N5O3. The Hall–Kier alpha value is -3.13. The van der Waals surface area contributed by atoms with Gasteiger partial charge in [-0.25, -0.2) is 0 Å². The van der Waals surface area contributed by atoms with Gasteiger partial charge in [-0.2, -0.15) is 10.2 Å². The maximum Gasteiger partial charge on any atom is 0.257 e. The lowest BCUT2D eigenvalue weighted by Crippen LogP contribution is -2.26. The van der Waals surface area contributed by atoms with Crippen LogP contribution in [0.25, 0.3) is 11.3 Å². The summed E-state index contributed by atoms with van der Waals surface area (Å²) in [4.78, 5) is 14.5. The number of aromatic amines is 2. The molecule has 3 aromatic rings. The van der Waals surface area contributed by atoms with E-state index in [1.807, 2.05) is 30.3 Å². The minimum atomic E-state index is -0.139. The second-order valence-corrected chi connectivity index (χ2v) is 5.87. The Balaban J connectivity index is 1.78. The van der Waals surface area contributed by atoms with Crippen molar-refractivity contribution in [3.8, 4) is 17.0 Å². The zero-order chi connectivity index (χ0) is 18.5. The quantitative estimate of drug-likeness (QED) is 0.677. The zero-order valence-electron chi connectivity index (χ0n) is 14.9. The first-order valence-electron chi connectivity index (χ1n) is 8.07. The van der Waals surface area contributed by atoms with Gasteiger partial charge in [-0.15, -0.1) is 0 Å². The van der Waals surface area contributed by atoms with E-state index in [0.29, 0.717) is 30.2 Å². The fraction of sp³-hybridized carbons (Fsp3) is 0.278. The molecule has 136 valence electrons. The van der Waals surface area contributed by atoms with Crippen molar-refractivity contribution in [1.29, 1.82) is 0 Å². The summed E-state index contributed by atoms with van der Waals surface area (Å²) in [6.07, 6.45) is 1.54. The molecule has 1 aromatic carbocycles. The molecule has 2 N–H and O–H groups in total. The van der Waals surface area contributed by atoms with Gasteiger partial charge >= 0.3 is 0 Å². The van der Waals surface area contributed by atoms with E-state index in [0.717, 1.165) is 17.0 Å². The summed E-state index contributed by atoms with van der Waals surface area (Å²) < 4.78 is 10.3. The van der Waals surface area contributed by atoms with E-state index >= 15 is 0 Å². The lowest BCUT2D eigenvalue weighted by Gasteiger charge is -2.16. The van der Waals surface area contributed by atoms with Crippen molar-refractivity contribution in [3.63, 3.8) is 0 Å². The number of hydrogen-bond acceptors (Lipinski definition) is 5. The summed E-state index contributed by atoms with van der Waals surface area (Å²) in [6.45, 7) is 0.828. The first kappa shape index (κ1) is 17.7. The third-order valence-corrected chi connectivity index (χ3v) is 3.96. The number of aromatic nitrogens is 4. The van der Waals surface area contributed by atoms with Crippen molar-refractivity contribution >= 4 is 5.91 Å². The molecule has 26 heavy (non-hydrogen) atoms. The Morgan fingerprint density at radius 3 is 2.85 bits per heavy atom. The molecule has 8 nitrogen and oxygen atoms in total. The number of amides is 1. The van der Waals surface area contributed by atoms with Crippen LogP contribution in [0.1, 0.15) is 21.7 Å². The molecule has 0 bridgehead atoms. The van der Waals surface area contributed by atoms with E-state index in [9.17, 15) is 4.79 Å². The second kappa shape index (κ2) is 7.83. The van der Waals surface area contributed by atoms with Crippen LogP contribution in [0.2, 0.25) is 0 Å². The molecule has 0 spiro atoms. The highest BCUT2D eigenvalue weighted by molar-refractivity contribution is 5.99. The number of hydrogen-bond donors (Lipinski definition) is 2. The van der Waals surface area contributed by atoms with Crippen LogP contribution in [0, 0.1) is 0 Å². The normalized spacial score (nSPS) is 10.7. The Kier molecular flexibility index (Phi) is 5.33. The lowest BCUT2D eigenvalue weighted by molar-refractivity contribution is 0.0784. The number of H-pyrrole nitrogens is 2. The van der Waals surface area contributed by atoms with Crippen LogP contribution in [0.15, 0.2) is 36.5 Å². The van der Waals surface area contributed by atoms with Crippen molar-refractivity contribution in [2.75, 3.05) is 21.3 Å². The first-order valence-corrected chi connectivity index (χ1v) is 8.07. The molecule has 2 aromatic heterocycles. The standard InChI is InChI=1S/C18H21N5O3/c1-23(10-13-8-14(11-25-2)21-20-13)18(24)16-9-19-22-17(16)12-5-4-6-15(7-12)26-3/h4-9H,10-11H2,1-3H3,(H,19,22)(H,20,21). The fourth-order valence-corrected chi connectivity index (χ4v) is 2.69. The molecule has 0 atom stereocenters. The SMILES string of the molecule is COCc1cc(CN(C)C(=O)c2cn[nH]c2-c2cccc(OC)c2)[nH]n1. The minimum Gasteiger partial charge on any atom is -0.497 e. The summed E-state index contributed by atoms with van der Waals surface area (Å²) in [5.74, 6) is 0.575. The molecule has 8 heteroatoms. The van der Waals surface area contributed by atoms with E-state index in [2.05, 4.69) is 20.4 Å². The van der Waals surface area contributed by atoms with Crippen molar-refractivity contribution in [3.05, 3.63) is 53.5 Å². The van der Waals surface area contributed by atoms with Crippen LogP contribution >= 0.6 is 0 Å². The summed E-state index contributed by atoms with van der Waals surface area (Å²) >= 11 is 0. The van der Waals surface area contributed by atoms with Gasteiger partial charge in [0.1, 0.15) is 5.75 Å². The van der Waals surface area contributed by atoms with Gasteiger partial charge in [0.05, 0.1) is 49.1 Å².